The zero-order chi connectivity index (χ0) is 35.1. The van der Waals surface area contributed by atoms with Gasteiger partial charge in [0.25, 0.3) is 0 Å². The Labute approximate surface area is 284 Å². The lowest BCUT2D eigenvalue weighted by Crippen LogP contribution is -2.55. The highest BCUT2D eigenvalue weighted by Crippen LogP contribution is 2.18. The molecule has 1 saturated heterocycles. The van der Waals surface area contributed by atoms with Crippen LogP contribution in [0.4, 0.5) is 9.59 Å². The molecule has 0 spiro atoms. The summed E-state index contributed by atoms with van der Waals surface area (Å²) in [5.74, 6) is -1.35. The van der Waals surface area contributed by atoms with Crippen LogP contribution in [0.1, 0.15) is 57.6 Å². The fourth-order valence-corrected chi connectivity index (χ4v) is 5.84. The molecule has 1 fully saturated rings. The number of amides is 5. The zero-order valence-corrected chi connectivity index (χ0v) is 28.7. The van der Waals surface area contributed by atoms with Crippen LogP contribution in [0.5, 0.6) is 0 Å². The molecule has 262 valence electrons. The molecule has 1 aliphatic heterocycles. The second kappa shape index (κ2) is 19.4. The fourth-order valence-electron chi connectivity index (χ4n) is 5.84. The predicted molar refractivity (Wildman–Crippen MR) is 184 cm³/mol. The molecule has 3 atom stereocenters. The van der Waals surface area contributed by atoms with Gasteiger partial charge in [-0.25, -0.2) is 9.59 Å². The van der Waals surface area contributed by atoms with Crippen molar-refractivity contribution in [2.75, 3.05) is 33.3 Å². The number of urea groups is 1. The summed E-state index contributed by atoms with van der Waals surface area (Å²) in [6, 6.07) is 16.6. The van der Waals surface area contributed by atoms with Gasteiger partial charge in [0.2, 0.25) is 11.8 Å². The second-order valence-corrected chi connectivity index (χ2v) is 12.9. The van der Waals surface area contributed by atoms with E-state index in [0.29, 0.717) is 45.4 Å². The van der Waals surface area contributed by atoms with Crippen molar-refractivity contribution < 1.29 is 28.7 Å². The minimum Gasteiger partial charge on any atom is -0.453 e. The number of nitrogens with zero attached hydrogens (tertiary/aromatic N) is 2. The summed E-state index contributed by atoms with van der Waals surface area (Å²) in [5.41, 5.74) is 7.61. The first-order valence-electron chi connectivity index (χ1n) is 16.8. The maximum atomic E-state index is 13.9. The van der Waals surface area contributed by atoms with E-state index in [1.807, 2.05) is 74.5 Å². The van der Waals surface area contributed by atoms with E-state index in [4.69, 9.17) is 5.73 Å². The summed E-state index contributed by atoms with van der Waals surface area (Å²) < 4.78 is 4.67. The highest BCUT2D eigenvalue weighted by molar-refractivity contribution is 5.94. The van der Waals surface area contributed by atoms with Crippen molar-refractivity contribution in [1.82, 2.24) is 25.8 Å². The number of ketones is 1. The number of carbonyl (C=O) groups is 5. The molecule has 5 amide bonds. The number of Topliss-reactive ketones (excluding diaryl/α,β-unsaturated/α-hetero) is 1. The Hall–Kier alpha value is -4.45. The minimum atomic E-state index is -0.961. The summed E-state index contributed by atoms with van der Waals surface area (Å²) in [4.78, 5) is 69.2. The molecule has 0 saturated carbocycles. The smallest absolute Gasteiger partial charge is 0.407 e. The lowest BCUT2D eigenvalue weighted by atomic mass is 9.92. The number of alkyl carbamates (subject to hydrolysis) is 1. The van der Waals surface area contributed by atoms with Gasteiger partial charge in [0.05, 0.1) is 13.2 Å². The van der Waals surface area contributed by atoms with Crippen molar-refractivity contribution >= 4 is 29.7 Å². The first kappa shape index (κ1) is 38.0. The van der Waals surface area contributed by atoms with E-state index in [1.54, 1.807) is 16.7 Å². The molecule has 0 radical (unpaired) electrons. The lowest BCUT2D eigenvalue weighted by molar-refractivity contribution is -0.139. The summed E-state index contributed by atoms with van der Waals surface area (Å²) >= 11 is 0. The Morgan fingerprint density at radius 1 is 0.896 bits per heavy atom. The predicted octanol–water partition coefficient (Wildman–Crippen LogP) is 3.24. The molecule has 12 heteroatoms. The van der Waals surface area contributed by atoms with Gasteiger partial charge in [0.1, 0.15) is 6.04 Å². The quantitative estimate of drug-likeness (QED) is 0.214. The molecule has 0 bridgehead atoms. The van der Waals surface area contributed by atoms with E-state index in [1.165, 1.54) is 7.11 Å². The molecule has 3 rings (SSSR count). The van der Waals surface area contributed by atoms with E-state index in [-0.39, 0.29) is 43.0 Å². The van der Waals surface area contributed by atoms with Crippen LogP contribution in [-0.4, -0.2) is 90.9 Å². The number of benzene rings is 2. The molecular weight excluding hydrogens is 612 g/mol. The van der Waals surface area contributed by atoms with Gasteiger partial charge in [-0.15, -0.1) is 0 Å². The third-order valence-electron chi connectivity index (χ3n) is 8.45. The molecule has 0 unspecified atom stereocenters. The van der Waals surface area contributed by atoms with Gasteiger partial charge in [-0.1, -0.05) is 81.4 Å². The van der Waals surface area contributed by atoms with Crippen molar-refractivity contribution in [3.8, 4) is 0 Å². The maximum Gasteiger partial charge on any atom is 0.407 e. The number of hydrogen-bond acceptors (Lipinski definition) is 7. The Morgan fingerprint density at radius 3 is 2.06 bits per heavy atom. The van der Waals surface area contributed by atoms with Crippen molar-refractivity contribution in [2.24, 2.45) is 17.6 Å². The molecular formula is C36H52N6O6. The summed E-state index contributed by atoms with van der Waals surface area (Å²) in [6.45, 7) is 7.44. The van der Waals surface area contributed by atoms with Crippen molar-refractivity contribution in [3.63, 3.8) is 0 Å². The standard InChI is InChI=1S/C36H52N6O6/c1-25(2)21-30(32(43)22-26(3)34(45)41-18-15-29(16-19-41)38-36(47)48-4)39-33(44)31(23-27-11-7-5-8-12-27)40-35(46)42(20-17-37)24-28-13-9-6-10-14-28/h5-14,25-26,29-31H,15-24,37H2,1-4H3,(H,38,47)(H,39,44)(H,40,46)/t26-,30+,31+/m0/s1. The number of rotatable bonds is 16. The van der Waals surface area contributed by atoms with Gasteiger partial charge in [0, 0.05) is 57.5 Å². The van der Waals surface area contributed by atoms with Crippen LogP contribution in [0, 0.1) is 11.8 Å². The van der Waals surface area contributed by atoms with Crippen molar-refractivity contribution in [2.45, 2.75) is 77.5 Å². The van der Waals surface area contributed by atoms with Gasteiger partial charge < -0.3 is 36.2 Å². The van der Waals surface area contributed by atoms with Gasteiger partial charge in [-0.2, -0.15) is 0 Å². The number of ether oxygens (including phenoxy) is 1. The number of nitrogens with one attached hydrogen (secondary N) is 3. The van der Waals surface area contributed by atoms with Crippen LogP contribution >= 0.6 is 0 Å². The molecule has 1 aliphatic rings. The van der Waals surface area contributed by atoms with E-state index in [2.05, 4.69) is 20.7 Å². The Bertz CT molecular complexity index is 1330. The highest BCUT2D eigenvalue weighted by Gasteiger charge is 2.32. The normalized spacial score (nSPS) is 15.2. The Morgan fingerprint density at radius 2 is 1.50 bits per heavy atom. The topological polar surface area (TPSA) is 163 Å². The van der Waals surface area contributed by atoms with Crippen LogP contribution in [-0.2, 0) is 32.1 Å². The van der Waals surface area contributed by atoms with E-state index in [0.717, 1.165) is 11.1 Å². The zero-order valence-electron chi connectivity index (χ0n) is 28.7. The van der Waals surface area contributed by atoms with Crippen molar-refractivity contribution in [3.05, 3.63) is 71.8 Å². The Kier molecular flexibility index (Phi) is 15.4. The van der Waals surface area contributed by atoms with Gasteiger partial charge in [-0.3, -0.25) is 14.4 Å². The SMILES string of the molecule is COC(=O)NC1CCN(C(=O)[C@@H](C)CC(=O)[C@@H](CC(C)C)NC(=O)[C@@H](Cc2ccccc2)NC(=O)N(CCN)Cc2ccccc2)CC1. The highest BCUT2D eigenvalue weighted by atomic mass is 16.5. The molecule has 0 aromatic heterocycles. The molecule has 2 aromatic rings. The van der Waals surface area contributed by atoms with Crippen LogP contribution < -0.4 is 21.7 Å². The molecule has 2 aromatic carbocycles. The van der Waals surface area contributed by atoms with E-state index in [9.17, 15) is 24.0 Å². The van der Waals surface area contributed by atoms with Crippen LogP contribution in [0.15, 0.2) is 60.7 Å². The van der Waals surface area contributed by atoms with E-state index < -0.39 is 36.0 Å². The number of carbonyl (C=O) groups excluding carboxylic acids is 5. The Balaban J connectivity index is 1.69. The van der Waals surface area contributed by atoms with E-state index >= 15 is 0 Å². The van der Waals surface area contributed by atoms with Crippen LogP contribution in [0.25, 0.3) is 0 Å². The van der Waals surface area contributed by atoms with Crippen molar-refractivity contribution in [1.29, 1.82) is 0 Å². The first-order valence-corrected chi connectivity index (χ1v) is 16.8. The summed E-state index contributed by atoms with van der Waals surface area (Å²) in [5, 5.41) is 8.60. The average Bonchev–Trinajstić information content (AvgIpc) is 3.08. The van der Waals surface area contributed by atoms with Gasteiger partial charge in [-0.05, 0) is 36.3 Å². The number of likely N-dealkylation sites (tertiary alicyclic amines) is 1. The first-order chi connectivity index (χ1) is 23.0. The summed E-state index contributed by atoms with van der Waals surface area (Å²) in [6.07, 6.45) is 1.26. The fraction of sp³-hybridized carbons (Fsp3) is 0.528. The number of methoxy groups -OCH3 is 1. The average molecular weight is 665 g/mol. The molecule has 48 heavy (non-hydrogen) atoms. The largest absolute Gasteiger partial charge is 0.453 e. The van der Waals surface area contributed by atoms with Gasteiger partial charge in [0.15, 0.2) is 5.78 Å². The number of hydrogen-bond donors (Lipinski definition) is 4. The number of nitrogens with two attached hydrogens (primary N) is 1. The molecule has 0 aliphatic carbocycles. The maximum absolute atomic E-state index is 13.9. The molecule has 1 heterocycles. The minimum absolute atomic E-state index is 0.0338. The molecule has 5 N–H and O–H groups in total. The summed E-state index contributed by atoms with van der Waals surface area (Å²) in [7, 11) is 1.31. The third kappa shape index (κ3) is 12.3. The van der Waals surface area contributed by atoms with Crippen LogP contribution in [0.2, 0.25) is 0 Å². The lowest BCUT2D eigenvalue weighted by Gasteiger charge is -2.34. The van der Waals surface area contributed by atoms with Gasteiger partial charge >= 0.3 is 12.1 Å². The number of piperidine rings is 1. The third-order valence-corrected chi connectivity index (χ3v) is 8.45. The van der Waals surface area contributed by atoms with Crippen LogP contribution in [0.3, 0.4) is 0 Å². The second-order valence-electron chi connectivity index (χ2n) is 12.9. The molecule has 12 nitrogen and oxygen atoms in total. The monoisotopic (exact) mass is 664 g/mol.